The van der Waals surface area contributed by atoms with E-state index in [1.165, 1.54) is 0 Å². The summed E-state index contributed by atoms with van der Waals surface area (Å²) in [4.78, 5) is 21.7. The molecule has 1 heterocycles. The van der Waals surface area contributed by atoms with Gasteiger partial charge in [-0.2, -0.15) is 22.4 Å². The Labute approximate surface area is 107 Å². The van der Waals surface area contributed by atoms with E-state index in [0.29, 0.717) is 0 Å². The average molecular weight is 299 g/mol. The van der Waals surface area contributed by atoms with Gasteiger partial charge in [-0.1, -0.05) is 0 Å². The van der Waals surface area contributed by atoms with Crippen molar-refractivity contribution in [3.8, 4) is 0 Å². The van der Waals surface area contributed by atoms with Gasteiger partial charge in [0.1, 0.15) is 5.82 Å². The number of anilines is 1. The number of carbonyl (C=O) groups excluding carboxylic acids is 2. The van der Waals surface area contributed by atoms with Gasteiger partial charge in [0.05, 0.1) is 6.20 Å². The number of aromatic nitrogens is 2. The summed E-state index contributed by atoms with van der Waals surface area (Å²) in [6, 6.07) is 1.02. The van der Waals surface area contributed by atoms with Gasteiger partial charge in [-0.25, -0.2) is 4.21 Å². The van der Waals surface area contributed by atoms with Crippen LogP contribution in [0.3, 0.4) is 0 Å². The smallest absolute Gasteiger partial charge is 0.456 e. The molecular formula is C8H8F3N3O4S. The lowest BCUT2D eigenvalue weighted by Gasteiger charge is -2.10. The van der Waals surface area contributed by atoms with Crippen molar-refractivity contribution in [2.45, 2.75) is 12.4 Å². The Balaban J connectivity index is 2.76. The molecule has 1 rings (SSSR count). The van der Waals surface area contributed by atoms with Crippen LogP contribution in [0, 0.1) is 0 Å². The summed E-state index contributed by atoms with van der Waals surface area (Å²) in [6.45, 7) is 0.398. The summed E-state index contributed by atoms with van der Waals surface area (Å²) in [5, 5.41) is 5.20. The number of ether oxygens (including phenoxy) is 1. The molecule has 11 heteroatoms. The molecule has 19 heavy (non-hydrogen) atoms. The van der Waals surface area contributed by atoms with Gasteiger partial charge < -0.3 is 10.1 Å². The van der Waals surface area contributed by atoms with E-state index in [-0.39, 0.29) is 4.09 Å². The standard InChI is InChI=1S/C8H8F3N3O4S/c1-5(15)18-4-7(16)13-6-2-3-12-14(6)19(17)8(9,10)11/h2-3H,4H2,1H3,(H,13,16). The van der Waals surface area contributed by atoms with Crippen LogP contribution in [0.1, 0.15) is 6.92 Å². The Morgan fingerprint density at radius 1 is 1.53 bits per heavy atom. The van der Waals surface area contributed by atoms with Gasteiger partial charge in [-0.05, 0) is 0 Å². The molecule has 0 aliphatic carbocycles. The molecule has 1 atom stereocenters. The maximum absolute atomic E-state index is 12.2. The van der Waals surface area contributed by atoms with Crippen LogP contribution in [-0.2, 0) is 25.3 Å². The van der Waals surface area contributed by atoms with Crippen molar-refractivity contribution < 1.29 is 31.7 Å². The van der Waals surface area contributed by atoms with Crippen molar-refractivity contribution >= 4 is 28.7 Å². The SMILES string of the molecule is CC(=O)OCC(=O)Nc1ccnn1S(=O)C(F)(F)F. The van der Waals surface area contributed by atoms with Gasteiger partial charge in [-0.3, -0.25) is 9.59 Å². The molecule has 0 aromatic carbocycles. The second-order valence-electron chi connectivity index (χ2n) is 3.11. The van der Waals surface area contributed by atoms with Gasteiger partial charge in [0.25, 0.3) is 5.91 Å². The second kappa shape index (κ2) is 5.82. The van der Waals surface area contributed by atoms with E-state index < -0.39 is 40.8 Å². The molecule has 0 bridgehead atoms. The highest BCUT2D eigenvalue weighted by molar-refractivity contribution is 7.84. The molecule has 1 amide bonds. The van der Waals surface area contributed by atoms with E-state index in [1.807, 2.05) is 5.32 Å². The van der Waals surface area contributed by atoms with Crippen molar-refractivity contribution in [2.24, 2.45) is 0 Å². The van der Waals surface area contributed by atoms with E-state index in [1.54, 1.807) is 0 Å². The lowest BCUT2D eigenvalue weighted by molar-refractivity contribution is -0.144. The number of nitrogens with zero attached hydrogens (tertiary/aromatic N) is 2. The Morgan fingerprint density at radius 2 is 2.16 bits per heavy atom. The molecular weight excluding hydrogens is 291 g/mol. The molecule has 0 saturated carbocycles. The Hall–Kier alpha value is -1.91. The lowest BCUT2D eigenvalue weighted by Crippen LogP contribution is -2.27. The largest absolute Gasteiger partial charge is 0.492 e. The molecule has 106 valence electrons. The number of carbonyl (C=O) groups is 2. The number of hydrogen-bond donors (Lipinski definition) is 1. The van der Waals surface area contributed by atoms with Gasteiger partial charge in [0, 0.05) is 13.0 Å². The first-order valence-corrected chi connectivity index (χ1v) is 5.79. The zero-order valence-corrected chi connectivity index (χ0v) is 10.2. The molecule has 1 aromatic rings. The fourth-order valence-corrected chi connectivity index (χ4v) is 1.58. The second-order valence-corrected chi connectivity index (χ2v) is 4.42. The van der Waals surface area contributed by atoms with Crippen molar-refractivity contribution in [2.75, 3.05) is 11.9 Å². The Kier molecular flexibility index (Phi) is 4.64. The minimum atomic E-state index is -5.01. The molecule has 0 aliphatic heterocycles. The fraction of sp³-hybridized carbons (Fsp3) is 0.375. The number of alkyl halides is 3. The zero-order chi connectivity index (χ0) is 14.6. The minimum absolute atomic E-state index is 0.103. The van der Waals surface area contributed by atoms with Crippen LogP contribution in [0.25, 0.3) is 0 Å². The third kappa shape index (κ3) is 4.35. The highest BCUT2D eigenvalue weighted by atomic mass is 32.2. The summed E-state index contributed by atoms with van der Waals surface area (Å²) in [5.41, 5.74) is -5.01. The van der Waals surface area contributed by atoms with Gasteiger partial charge in [-0.15, -0.1) is 0 Å². The molecule has 0 radical (unpaired) electrons. The number of rotatable bonds is 4. The van der Waals surface area contributed by atoms with Crippen LogP contribution in [0.5, 0.6) is 0 Å². The maximum atomic E-state index is 12.2. The van der Waals surface area contributed by atoms with Crippen LogP contribution in [-0.4, -0.2) is 37.4 Å². The van der Waals surface area contributed by atoms with E-state index in [2.05, 4.69) is 9.84 Å². The number of amides is 1. The number of esters is 1. The number of halogens is 3. The lowest BCUT2D eigenvalue weighted by atomic mass is 10.5. The first-order chi connectivity index (χ1) is 8.71. The van der Waals surface area contributed by atoms with E-state index >= 15 is 0 Å². The van der Waals surface area contributed by atoms with E-state index in [0.717, 1.165) is 19.2 Å². The van der Waals surface area contributed by atoms with Crippen molar-refractivity contribution in [1.82, 2.24) is 9.19 Å². The quantitative estimate of drug-likeness (QED) is 0.814. The van der Waals surface area contributed by atoms with Crippen LogP contribution in [0.2, 0.25) is 0 Å². The molecule has 1 unspecified atom stereocenters. The molecule has 0 fully saturated rings. The summed E-state index contributed by atoms with van der Waals surface area (Å²) < 4.78 is 52.2. The summed E-state index contributed by atoms with van der Waals surface area (Å²) in [5.74, 6) is -2.02. The topological polar surface area (TPSA) is 90.3 Å². The fourth-order valence-electron chi connectivity index (χ4n) is 0.956. The molecule has 1 N–H and O–H groups in total. The third-order valence-corrected chi connectivity index (χ3v) is 2.64. The van der Waals surface area contributed by atoms with Crippen LogP contribution < -0.4 is 5.32 Å². The highest BCUT2D eigenvalue weighted by Gasteiger charge is 2.40. The van der Waals surface area contributed by atoms with Gasteiger partial charge in [0.15, 0.2) is 6.61 Å². The average Bonchev–Trinajstić information content (AvgIpc) is 2.72. The summed E-state index contributed by atoms with van der Waals surface area (Å²) >= 11 is 0. The number of hydrogen-bond acceptors (Lipinski definition) is 5. The Morgan fingerprint density at radius 3 is 2.68 bits per heavy atom. The third-order valence-electron chi connectivity index (χ3n) is 1.64. The predicted molar refractivity (Wildman–Crippen MR) is 57.1 cm³/mol. The Bertz CT molecular complexity index is 514. The van der Waals surface area contributed by atoms with E-state index in [9.17, 15) is 27.0 Å². The maximum Gasteiger partial charge on any atom is 0.492 e. The van der Waals surface area contributed by atoms with Crippen molar-refractivity contribution in [3.63, 3.8) is 0 Å². The monoisotopic (exact) mass is 299 g/mol. The van der Waals surface area contributed by atoms with Crippen molar-refractivity contribution in [3.05, 3.63) is 12.3 Å². The van der Waals surface area contributed by atoms with Gasteiger partial charge in [0.2, 0.25) is 11.0 Å². The zero-order valence-electron chi connectivity index (χ0n) is 9.43. The highest BCUT2D eigenvalue weighted by Crippen LogP contribution is 2.23. The number of nitrogens with one attached hydrogen (secondary N) is 1. The normalized spacial score (nSPS) is 12.8. The van der Waals surface area contributed by atoms with E-state index in [4.69, 9.17) is 0 Å². The van der Waals surface area contributed by atoms with Crippen LogP contribution >= 0.6 is 0 Å². The van der Waals surface area contributed by atoms with Crippen molar-refractivity contribution in [1.29, 1.82) is 0 Å². The molecule has 0 aliphatic rings. The first kappa shape index (κ1) is 15.1. The van der Waals surface area contributed by atoms with Crippen LogP contribution in [0.15, 0.2) is 12.3 Å². The first-order valence-electron chi connectivity index (χ1n) is 4.68. The van der Waals surface area contributed by atoms with Gasteiger partial charge >= 0.3 is 11.5 Å². The molecule has 1 aromatic heterocycles. The minimum Gasteiger partial charge on any atom is -0.456 e. The predicted octanol–water partition coefficient (Wildman–Crippen LogP) is 0.416. The molecule has 0 spiro atoms. The van der Waals surface area contributed by atoms with Crippen LogP contribution in [0.4, 0.5) is 19.0 Å². The summed E-state index contributed by atoms with van der Waals surface area (Å²) in [6.07, 6.45) is 0.936. The molecule has 0 saturated heterocycles. The summed E-state index contributed by atoms with van der Waals surface area (Å²) in [7, 11) is -3.43. The molecule has 7 nitrogen and oxygen atoms in total.